The number of rotatable bonds is 2. The molecule has 0 bridgehead atoms. The first-order valence-corrected chi connectivity index (χ1v) is 6.26. The molecule has 2 fully saturated rings. The Morgan fingerprint density at radius 3 is 3.06 bits per heavy atom. The van der Waals surface area contributed by atoms with Crippen molar-refractivity contribution in [1.82, 2.24) is 14.9 Å². The van der Waals surface area contributed by atoms with Crippen molar-refractivity contribution in [3.63, 3.8) is 0 Å². The highest BCUT2D eigenvalue weighted by atomic mass is 15.2. The molecule has 0 aromatic carbocycles. The molecule has 4 heteroatoms. The van der Waals surface area contributed by atoms with E-state index in [1.807, 2.05) is 19.4 Å². The van der Waals surface area contributed by atoms with Crippen LogP contribution in [-0.2, 0) is 7.05 Å². The summed E-state index contributed by atoms with van der Waals surface area (Å²) >= 11 is 0. The summed E-state index contributed by atoms with van der Waals surface area (Å²) in [7, 11) is 2.04. The summed E-state index contributed by atoms with van der Waals surface area (Å²) in [5.41, 5.74) is 0.459. The number of nitrogens with zero attached hydrogens (tertiary/aromatic N) is 2. The first kappa shape index (κ1) is 10.1. The maximum atomic E-state index is 4.33. The fraction of sp³-hybridized carbons (Fsp3) is 0.750. The molecular weight excluding hydrogens is 200 g/mol. The predicted octanol–water partition coefficient (Wildman–Crippen LogP) is 1.51. The lowest BCUT2D eigenvalue weighted by atomic mass is 9.70. The fourth-order valence-corrected chi connectivity index (χ4v) is 2.95. The van der Waals surface area contributed by atoms with E-state index in [-0.39, 0.29) is 0 Å². The van der Waals surface area contributed by atoms with Crippen LogP contribution in [0, 0.1) is 0 Å². The summed E-state index contributed by atoms with van der Waals surface area (Å²) in [6, 6.07) is 0.586. The van der Waals surface area contributed by atoms with Crippen molar-refractivity contribution in [3.8, 4) is 0 Å². The van der Waals surface area contributed by atoms with E-state index < -0.39 is 0 Å². The number of aryl methyl sites for hydroxylation is 1. The van der Waals surface area contributed by atoms with E-state index in [4.69, 9.17) is 0 Å². The van der Waals surface area contributed by atoms with Gasteiger partial charge in [-0.05, 0) is 38.6 Å². The molecule has 4 nitrogen and oxygen atoms in total. The van der Waals surface area contributed by atoms with Crippen LogP contribution in [0.1, 0.15) is 32.1 Å². The molecule has 2 heterocycles. The van der Waals surface area contributed by atoms with Gasteiger partial charge in [0.1, 0.15) is 0 Å². The molecule has 1 saturated carbocycles. The van der Waals surface area contributed by atoms with Crippen molar-refractivity contribution >= 4 is 5.95 Å². The number of nitrogens with one attached hydrogen (secondary N) is 2. The average Bonchev–Trinajstić information content (AvgIpc) is 2.63. The molecule has 3 rings (SSSR count). The second-order valence-electron chi connectivity index (χ2n) is 5.26. The molecule has 1 aliphatic carbocycles. The summed E-state index contributed by atoms with van der Waals surface area (Å²) in [6.07, 6.45) is 10.4. The van der Waals surface area contributed by atoms with Crippen molar-refractivity contribution < 1.29 is 0 Å². The van der Waals surface area contributed by atoms with Gasteiger partial charge in [-0.15, -0.1) is 0 Å². The van der Waals surface area contributed by atoms with Gasteiger partial charge in [0, 0.05) is 31.0 Å². The molecule has 2 N–H and O–H groups in total. The van der Waals surface area contributed by atoms with Crippen molar-refractivity contribution in [3.05, 3.63) is 12.4 Å². The number of hydrogen-bond acceptors (Lipinski definition) is 3. The zero-order valence-electron chi connectivity index (χ0n) is 9.87. The minimum atomic E-state index is 0.459. The number of imidazole rings is 1. The average molecular weight is 220 g/mol. The zero-order chi connectivity index (χ0) is 11.0. The van der Waals surface area contributed by atoms with Crippen LogP contribution >= 0.6 is 0 Å². The third-order valence-corrected chi connectivity index (χ3v) is 4.10. The van der Waals surface area contributed by atoms with Gasteiger partial charge in [-0.2, -0.15) is 0 Å². The summed E-state index contributed by atoms with van der Waals surface area (Å²) in [6.45, 7) is 1.14. The van der Waals surface area contributed by atoms with Crippen LogP contribution in [0.2, 0.25) is 0 Å². The minimum Gasteiger partial charge on any atom is -0.353 e. The molecule has 1 aliphatic heterocycles. The van der Waals surface area contributed by atoms with Crippen LogP contribution < -0.4 is 10.6 Å². The largest absolute Gasteiger partial charge is 0.353 e. The highest BCUT2D eigenvalue weighted by molar-refractivity contribution is 5.28. The van der Waals surface area contributed by atoms with Crippen LogP contribution in [0.25, 0.3) is 0 Å². The number of piperidine rings is 1. The fourth-order valence-electron chi connectivity index (χ4n) is 2.95. The third kappa shape index (κ3) is 1.71. The molecule has 0 amide bonds. The standard InChI is InChI=1S/C12H20N4/c1-16-8-7-13-11(16)15-10-3-6-14-12(9-10)4-2-5-12/h7-8,10,14H,2-6,9H2,1H3,(H,13,15). The van der Waals surface area contributed by atoms with Gasteiger partial charge in [0.15, 0.2) is 0 Å². The third-order valence-electron chi connectivity index (χ3n) is 4.10. The van der Waals surface area contributed by atoms with E-state index in [9.17, 15) is 0 Å². The Balaban J connectivity index is 1.65. The molecule has 16 heavy (non-hydrogen) atoms. The smallest absolute Gasteiger partial charge is 0.202 e. The SMILES string of the molecule is Cn1ccnc1NC1CCNC2(CCC2)C1. The summed E-state index contributed by atoms with van der Waals surface area (Å²) < 4.78 is 2.05. The van der Waals surface area contributed by atoms with E-state index in [1.54, 1.807) is 0 Å². The molecule has 2 aliphatic rings. The van der Waals surface area contributed by atoms with Crippen molar-refractivity contribution in [2.75, 3.05) is 11.9 Å². The molecule has 88 valence electrons. The second kappa shape index (κ2) is 3.77. The lowest BCUT2D eigenvalue weighted by Crippen LogP contribution is -2.58. The topological polar surface area (TPSA) is 41.9 Å². The van der Waals surface area contributed by atoms with Crippen LogP contribution in [0.3, 0.4) is 0 Å². The molecule has 0 radical (unpaired) electrons. The first-order chi connectivity index (χ1) is 7.77. The van der Waals surface area contributed by atoms with Gasteiger partial charge >= 0.3 is 0 Å². The molecule has 1 aromatic heterocycles. The van der Waals surface area contributed by atoms with Crippen LogP contribution in [-0.4, -0.2) is 27.7 Å². The van der Waals surface area contributed by atoms with Gasteiger partial charge in [-0.3, -0.25) is 0 Å². The molecular formula is C12H20N4. The van der Waals surface area contributed by atoms with Crippen molar-refractivity contribution in [2.24, 2.45) is 7.05 Å². The van der Waals surface area contributed by atoms with E-state index in [2.05, 4.69) is 20.2 Å². The normalized spacial score (nSPS) is 27.7. The Hall–Kier alpha value is -1.03. The van der Waals surface area contributed by atoms with Gasteiger partial charge in [0.2, 0.25) is 5.95 Å². The maximum Gasteiger partial charge on any atom is 0.202 e. The van der Waals surface area contributed by atoms with E-state index >= 15 is 0 Å². The first-order valence-electron chi connectivity index (χ1n) is 6.26. The maximum absolute atomic E-state index is 4.33. The highest BCUT2D eigenvalue weighted by Gasteiger charge is 2.40. The van der Waals surface area contributed by atoms with Crippen LogP contribution in [0.15, 0.2) is 12.4 Å². The molecule has 1 saturated heterocycles. The quantitative estimate of drug-likeness (QED) is 0.794. The number of hydrogen-bond donors (Lipinski definition) is 2. The molecule has 1 aromatic rings. The predicted molar refractivity (Wildman–Crippen MR) is 64.4 cm³/mol. The van der Waals surface area contributed by atoms with Crippen molar-refractivity contribution in [1.29, 1.82) is 0 Å². The van der Waals surface area contributed by atoms with Crippen LogP contribution in [0.4, 0.5) is 5.95 Å². The zero-order valence-corrected chi connectivity index (χ0v) is 9.87. The van der Waals surface area contributed by atoms with Gasteiger partial charge in [0.05, 0.1) is 0 Å². The molecule has 1 spiro atoms. The Morgan fingerprint density at radius 2 is 2.44 bits per heavy atom. The Morgan fingerprint density at radius 1 is 1.56 bits per heavy atom. The van der Waals surface area contributed by atoms with E-state index in [1.165, 1.54) is 32.1 Å². The highest BCUT2D eigenvalue weighted by Crippen LogP contribution is 2.38. The van der Waals surface area contributed by atoms with Gasteiger partial charge in [-0.25, -0.2) is 4.98 Å². The second-order valence-corrected chi connectivity index (χ2v) is 5.26. The minimum absolute atomic E-state index is 0.459. The number of aromatic nitrogens is 2. The van der Waals surface area contributed by atoms with E-state index in [0.717, 1.165) is 12.5 Å². The monoisotopic (exact) mass is 220 g/mol. The molecule has 1 atom stereocenters. The summed E-state index contributed by atoms with van der Waals surface area (Å²) in [5, 5.41) is 7.25. The van der Waals surface area contributed by atoms with Crippen molar-refractivity contribution in [2.45, 2.75) is 43.7 Å². The lowest BCUT2D eigenvalue weighted by Gasteiger charge is -2.48. The Labute approximate surface area is 96.4 Å². The van der Waals surface area contributed by atoms with Crippen LogP contribution in [0.5, 0.6) is 0 Å². The summed E-state index contributed by atoms with van der Waals surface area (Å²) in [4.78, 5) is 4.33. The van der Waals surface area contributed by atoms with E-state index in [0.29, 0.717) is 11.6 Å². The lowest BCUT2D eigenvalue weighted by molar-refractivity contribution is 0.135. The van der Waals surface area contributed by atoms with Gasteiger partial charge < -0.3 is 15.2 Å². The van der Waals surface area contributed by atoms with Gasteiger partial charge in [-0.1, -0.05) is 0 Å². The summed E-state index contributed by atoms with van der Waals surface area (Å²) in [5.74, 6) is 1.00. The molecule has 1 unspecified atom stereocenters. The Bertz CT molecular complexity index is 367. The number of anilines is 1. The van der Waals surface area contributed by atoms with Gasteiger partial charge in [0.25, 0.3) is 0 Å². The Kier molecular flexibility index (Phi) is 2.39.